The first kappa shape index (κ1) is 12.4. The summed E-state index contributed by atoms with van der Waals surface area (Å²) >= 11 is 5.96. The molecule has 6 heteroatoms. The van der Waals surface area contributed by atoms with Crippen LogP contribution in [0.15, 0.2) is 6.20 Å². The Morgan fingerprint density at radius 3 is 2.88 bits per heavy atom. The topological polar surface area (TPSA) is 67.2 Å². The van der Waals surface area contributed by atoms with Gasteiger partial charge in [0.15, 0.2) is 0 Å². The molecule has 1 saturated carbocycles. The Labute approximate surface area is 105 Å². The fourth-order valence-corrected chi connectivity index (χ4v) is 2.56. The zero-order valence-electron chi connectivity index (χ0n) is 9.90. The van der Waals surface area contributed by atoms with Crippen molar-refractivity contribution in [3.05, 3.63) is 16.9 Å². The number of nitrogens with one attached hydrogen (secondary N) is 1. The molecule has 1 aromatic rings. The Hall–Kier alpha value is -1.07. The molecule has 0 aromatic carbocycles. The third kappa shape index (κ3) is 2.05. The maximum Gasteiger partial charge on any atom is 0.323 e. The van der Waals surface area contributed by atoms with E-state index in [0.29, 0.717) is 17.9 Å². The van der Waals surface area contributed by atoms with Gasteiger partial charge in [-0.1, -0.05) is 11.6 Å². The van der Waals surface area contributed by atoms with E-state index >= 15 is 0 Å². The van der Waals surface area contributed by atoms with Crippen molar-refractivity contribution in [3.8, 4) is 0 Å². The Balaban J connectivity index is 2.20. The lowest BCUT2D eigenvalue weighted by molar-refractivity contribution is -0.144. The van der Waals surface area contributed by atoms with E-state index in [9.17, 15) is 9.90 Å². The highest BCUT2D eigenvalue weighted by molar-refractivity contribution is 6.31. The zero-order valence-corrected chi connectivity index (χ0v) is 10.7. The van der Waals surface area contributed by atoms with Crippen LogP contribution >= 0.6 is 11.6 Å². The van der Waals surface area contributed by atoms with Gasteiger partial charge in [-0.05, 0) is 33.2 Å². The number of carbonyl (C=O) groups is 1. The number of hydrogen-bond donors (Lipinski definition) is 2. The molecule has 2 rings (SSSR count). The second kappa shape index (κ2) is 4.31. The molecule has 0 radical (unpaired) electrons. The second-order valence-electron chi connectivity index (χ2n) is 4.58. The van der Waals surface area contributed by atoms with Crippen LogP contribution in [0.3, 0.4) is 0 Å². The van der Waals surface area contributed by atoms with Crippen LogP contribution in [0.4, 0.5) is 0 Å². The second-order valence-corrected chi connectivity index (χ2v) is 4.98. The highest BCUT2D eigenvalue weighted by Gasteiger charge is 2.45. The summed E-state index contributed by atoms with van der Waals surface area (Å²) in [4.78, 5) is 11.3. The van der Waals surface area contributed by atoms with Crippen LogP contribution in [0, 0.1) is 6.92 Å². The average Bonchev–Trinajstić information content (AvgIpc) is 2.84. The van der Waals surface area contributed by atoms with Crippen LogP contribution in [0.2, 0.25) is 5.02 Å². The van der Waals surface area contributed by atoms with Gasteiger partial charge in [-0.25, -0.2) is 0 Å². The molecule has 1 fully saturated rings. The van der Waals surface area contributed by atoms with E-state index in [1.54, 1.807) is 17.9 Å². The fourth-order valence-electron chi connectivity index (χ4n) is 2.42. The van der Waals surface area contributed by atoms with E-state index in [1.165, 1.54) is 0 Å². The molecule has 1 heterocycles. The van der Waals surface area contributed by atoms with Gasteiger partial charge < -0.3 is 10.4 Å². The number of hydrogen-bond acceptors (Lipinski definition) is 3. The van der Waals surface area contributed by atoms with Crippen molar-refractivity contribution >= 4 is 17.6 Å². The van der Waals surface area contributed by atoms with Crippen LogP contribution in [0.25, 0.3) is 0 Å². The van der Waals surface area contributed by atoms with Gasteiger partial charge in [0.2, 0.25) is 0 Å². The highest BCUT2D eigenvalue weighted by atomic mass is 35.5. The number of likely N-dealkylation sites (N-methyl/N-ethyl adjacent to an activating group) is 1. The summed E-state index contributed by atoms with van der Waals surface area (Å²) in [6, 6.07) is 0.102. The van der Waals surface area contributed by atoms with Gasteiger partial charge in [0, 0.05) is 6.20 Å². The predicted octanol–water partition coefficient (Wildman–Crippen LogP) is 1.61. The lowest BCUT2D eigenvalue weighted by Gasteiger charge is -2.23. The number of halogens is 1. The molecular formula is C11H16ClN3O2. The summed E-state index contributed by atoms with van der Waals surface area (Å²) in [5, 5.41) is 17.1. The average molecular weight is 258 g/mol. The maximum absolute atomic E-state index is 11.3. The Kier molecular flexibility index (Phi) is 3.14. The predicted molar refractivity (Wildman–Crippen MR) is 64.3 cm³/mol. The molecule has 94 valence electrons. The lowest BCUT2D eigenvalue weighted by Crippen LogP contribution is -2.48. The van der Waals surface area contributed by atoms with E-state index in [4.69, 9.17) is 11.6 Å². The maximum atomic E-state index is 11.3. The van der Waals surface area contributed by atoms with Gasteiger partial charge in [0.1, 0.15) is 5.54 Å². The van der Waals surface area contributed by atoms with Crippen LogP contribution in [-0.4, -0.2) is 33.4 Å². The van der Waals surface area contributed by atoms with Crippen LogP contribution in [0.5, 0.6) is 0 Å². The molecule has 5 nitrogen and oxygen atoms in total. The van der Waals surface area contributed by atoms with Gasteiger partial charge in [0.05, 0.1) is 16.8 Å². The number of aliphatic carboxylic acids is 1. The molecule has 0 saturated heterocycles. The first-order valence-electron chi connectivity index (χ1n) is 5.62. The van der Waals surface area contributed by atoms with E-state index in [0.717, 1.165) is 12.1 Å². The molecule has 0 spiro atoms. The quantitative estimate of drug-likeness (QED) is 0.863. The fraction of sp³-hybridized carbons (Fsp3) is 0.636. The first-order chi connectivity index (χ1) is 7.98. The minimum Gasteiger partial charge on any atom is -0.480 e. The summed E-state index contributed by atoms with van der Waals surface area (Å²) in [6.45, 7) is 1.84. The van der Waals surface area contributed by atoms with Crippen molar-refractivity contribution in [3.63, 3.8) is 0 Å². The lowest BCUT2D eigenvalue weighted by atomic mass is 9.98. The first-order valence-corrected chi connectivity index (χ1v) is 6.00. The number of rotatable bonds is 3. The van der Waals surface area contributed by atoms with Gasteiger partial charge in [-0.15, -0.1) is 0 Å². The third-order valence-electron chi connectivity index (χ3n) is 3.61. The molecule has 0 amide bonds. The number of carboxylic acids is 1. The number of carboxylic acid groups (broad SMARTS) is 1. The molecular weight excluding hydrogens is 242 g/mol. The van der Waals surface area contributed by atoms with Crippen molar-refractivity contribution in [2.45, 2.75) is 37.8 Å². The van der Waals surface area contributed by atoms with Gasteiger partial charge in [0.25, 0.3) is 0 Å². The molecule has 1 aliphatic carbocycles. The van der Waals surface area contributed by atoms with Crippen molar-refractivity contribution in [2.24, 2.45) is 0 Å². The standard InChI is InChI=1S/C11H16ClN3O2/c1-7-9(12)6-15(14-7)8-3-4-11(5-8,13-2)10(16)17/h6,8,13H,3-5H2,1-2H3,(H,16,17). The minimum atomic E-state index is -0.822. The van der Waals surface area contributed by atoms with E-state index < -0.39 is 11.5 Å². The SMILES string of the molecule is CNC1(C(=O)O)CCC(n2cc(Cl)c(C)n2)C1. The monoisotopic (exact) mass is 257 g/mol. The summed E-state index contributed by atoms with van der Waals surface area (Å²) in [6.07, 6.45) is 3.72. The zero-order chi connectivity index (χ0) is 12.6. The molecule has 2 N–H and O–H groups in total. The molecule has 2 unspecified atom stereocenters. The highest BCUT2D eigenvalue weighted by Crippen LogP contribution is 2.38. The van der Waals surface area contributed by atoms with Crippen LogP contribution in [0.1, 0.15) is 31.0 Å². The minimum absolute atomic E-state index is 0.102. The number of aryl methyl sites for hydroxylation is 1. The summed E-state index contributed by atoms with van der Waals surface area (Å²) in [5.41, 5.74) is -0.0410. The Bertz CT molecular complexity index is 426. The Morgan fingerprint density at radius 2 is 2.47 bits per heavy atom. The Morgan fingerprint density at radius 1 is 1.76 bits per heavy atom. The van der Waals surface area contributed by atoms with Crippen molar-refractivity contribution in [1.82, 2.24) is 15.1 Å². The molecule has 0 aliphatic heterocycles. The molecule has 1 aromatic heterocycles. The molecule has 1 aliphatic rings. The van der Waals surface area contributed by atoms with E-state index in [1.807, 2.05) is 6.92 Å². The van der Waals surface area contributed by atoms with Gasteiger partial charge in [-0.3, -0.25) is 9.48 Å². The smallest absolute Gasteiger partial charge is 0.323 e. The summed E-state index contributed by atoms with van der Waals surface area (Å²) in [7, 11) is 1.69. The van der Waals surface area contributed by atoms with Crippen molar-refractivity contribution in [1.29, 1.82) is 0 Å². The molecule has 0 bridgehead atoms. The molecule has 17 heavy (non-hydrogen) atoms. The number of aromatic nitrogens is 2. The van der Waals surface area contributed by atoms with E-state index in [-0.39, 0.29) is 6.04 Å². The van der Waals surface area contributed by atoms with E-state index in [2.05, 4.69) is 10.4 Å². The van der Waals surface area contributed by atoms with Crippen molar-refractivity contribution in [2.75, 3.05) is 7.05 Å². The van der Waals surface area contributed by atoms with Crippen LogP contribution in [-0.2, 0) is 4.79 Å². The van der Waals surface area contributed by atoms with Crippen molar-refractivity contribution < 1.29 is 9.90 Å². The van der Waals surface area contributed by atoms with Gasteiger partial charge >= 0.3 is 5.97 Å². The number of nitrogens with zero attached hydrogens (tertiary/aromatic N) is 2. The third-order valence-corrected chi connectivity index (χ3v) is 3.98. The van der Waals surface area contributed by atoms with Crippen LogP contribution < -0.4 is 5.32 Å². The largest absolute Gasteiger partial charge is 0.480 e. The summed E-state index contributed by atoms with van der Waals surface area (Å²) < 4.78 is 1.79. The van der Waals surface area contributed by atoms with Gasteiger partial charge in [-0.2, -0.15) is 5.10 Å². The molecule has 2 atom stereocenters. The summed E-state index contributed by atoms with van der Waals surface area (Å²) in [5.74, 6) is -0.794. The normalized spacial score (nSPS) is 28.5.